The van der Waals surface area contributed by atoms with Crippen molar-refractivity contribution in [2.45, 2.75) is 0 Å². The van der Waals surface area contributed by atoms with Gasteiger partial charge in [-0.2, -0.15) is 15.0 Å². The maximum Gasteiger partial charge on any atom is 0.454 e. The number of nitrogens with zero attached hydrogens (tertiary/aromatic N) is 5. The highest BCUT2D eigenvalue weighted by molar-refractivity contribution is 7.81. The van der Waals surface area contributed by atoms with Crippen LogP contribution in [-0.2, 0) is 0 Å². The molecule has 0 fully saturated rings. The average Bonchev–Trinajstić information content (AvgIpc) is 2.60. The number of nitrogens with two attached hydrogens (primary N) is 4. The maximum atomic E-state index is 8.94. The Hall–Kier alpha value is -2.45. The lowest BCUT2D eigenvalue weighted by molar-refractivity contribution is 0.478. The van der Waals surface area contributed by atoms with E-state index in [9.17, 15) is 0 Å². The molecule has 0 aromatic heterocycles. The fourth-order valence-electron chi connectivity index (χ4n) is 2.19. The lowest BCUT2D eigenvalue weighted by Crippen LogP contribution is -2.14. The first-order chi connectivity index (χ1) is 13.1. The molecule has 2 aromatic rings. The first-order valence-electron chi connectivity index (χ1n) is 7.60. The van der Waals surface area contributed by atoms with Gasteiger partial charge in [0.25, 0.3) is 0 Å². The van der Waals surface area contributed by atoms with Crippen molar-refractivity contribution in [3.63, 3.8) is 0 Å². The van der Waals surface area contributed by atoms with E-state index in [2.05, 4.69) is 13.5 Å². The zero-order valence-electron chi connectivity index (χ0n) is 14.3. The molecule has 0 radical (unpaired) electrons. The average molecular weight is 435 g/mol. The molecule has 0 bridgehead atoms. The first kappa shape index (κ1) is 20.3. The highest BCUT2D eigenvalue weighted by Crippen LogP contribution is 2.69. The van der Waals surface area contributed by atoms with Crippen LogP contribution in [0.1, 0.15) is 11.1 Å². The zero-order chi connectivity index (χ0) is 20.4. The van der Waals surface area contributed by atoms with E-state index in [4.69, 9.17) is 41.6 Å². The van der Waals surface area contributed by atoms with Crippen LogP contribution in [-0.4, -0.2) is 0 Å². The molecule has 8 N–H and O–H groups in total. The Balaban J connectivity index is 2.10. The van der Waals surface area contributed by atoms with E-state index >= 15 is 0 Å². The van der Waals surface area contributed by atoms with Crippen molar-refractivity contribution < 1.29 is 9.05 Å². The second kappa shape index (κ2) is 7.52. The quantitative estimate of drug-likeness (QED) is 0.520. The number of rotatable bonds is 4. The smallest absolute Gasteiger partial charge is 0.414 e. The Bertz CT molecular complexity index is 1080. The SMILES string of the molecule is N#Cc1ccc(OP2(Oc3ccc(C#N)cc3)=NP(N)(N)=NP(N)(N)=N2)cc1. The van der Waals surface area contributed by atoms with Crippen molar-refractivity contribution >= 4 is 22.7 Å². The van der Waals surface area contributed by atoms with Gasteiger partial charge in [0.1, 0.15) is 11.5 Å². The van der Waals surface area contributed by atoms with Crippen LogP contribution in [0, 0.1) is 22.7 Å². The van der Waals surface area contributed by atoms with Gasteiger partial charge in [0.15, 0.2) is 0 Å². The molecule has 1 heterocycles. The summed E-state index contributed by atoms with van der Waals surface area (Å²) >= 11 is 0. The van der Waals surface area contributed by atoms with Crippen LogP contribution in [0.2, 0.25) is 0 Å². The second-order valence-corrected chi connectivity index (χ2v) is 11.9. The minimum absolute atomic E-state index is 0.315. The molecule has 1 aliphatic rings. The maximum absolute atomic E-state index is 8.94. The first-order valence-corrected chi connectivity index (χ1v) is 12.8. The van der Waals surface area contributed by atoms with Gasteiger partial charge in [-0.3, -0.25) is 22.0 Å². The van der Waals surface area contributed by atoms with Crippen molar-refractivity contribution in [2.75, 3.05) is 0 Å². The third kappa shape index (κ3) is 4.88. The molecule has 2 aromatic carbocycles. The van der Waals surface area contributed by atoms with Gasteiger partial charge in [-0.1, -0.05) is 0 Å². The van der Waals surface area contributed by atoms with Crippen LogP contribution >= 0.6 is 22.7 Å². The molecule has 0 aliphatic carbocycles. The van der Waals surface area contributed by atoms with Crippen molar-refractivity contribution in [3.8, 4) is 23.6 Å². The summed E-state index contributed by atoms with van der Waals surface area (Å²) in [5.74, 6) is 0.630. The number of hydrogen-bond acceptors (Lipinski definition) is 11. The van der Waals surface area contributed by atoms with Crippen molar-refractivity contribution in [1.29, 1.82) is 10.5 Å². The van der Waals surface area contributed by atoms with E-state index in [1.54, 1.807) is 48.5 Å². The molecule has 11 nitrogen and oxygen atoms in total. The molecule has 0 atom stereocenters. The Morgan fingerprint density at radius 3 is 1.39 bits per heavy atom. The number of benzene rings is 2. The summed E-state index contributed by atoms with van der Waals surface area (Å²) in [6.45, 7) is 0. The summed E-state index contributed by atoms with van der Waals surface area (Å²) in [7, 11) is -10.0. The fourth-order valence-corrected chi connectivity index (χ4v) is 9.73. The van der Waals surface area contributed by atoms with Crippen LogP contribution in [0.4, 0.5) is 0 Å². The van der Waals surface area contributed by atoms with Crippen molar-refractivity contribution in [2.24, 2.45) is 35.6 Å². The monoisotopic (exact) mass is 435 g/mol. The molecule has 14 heteroatoms. The lowest BCUT2D eigenvalue weighted by atomic mass is 10.2. The molecule has 28 heavy (non-hydrogen) atoms. The van der Waals surface area contributed by atoms with Crippen LogP contribution < -0.4 is 31.1 Å². The summed E-state index contributed by atoms with van der Waals surface area (Å²) in [4.78, 5) is 0. The molecule has 0 spiro atoms. The molecule has 0 unspecified atom stereocenters. The highest BCUT2D eigenvalue weighted by Gasteiger charge is 2.35. The molecular formula is C14H16N9O2P3. The van der Waals surface area contributed by atoms with Crippen molar-refractivity contribution in [3.05, 3.63) is 59.7 Å². The minimum atomic E-state index is -3.54. The van der Waals surface area contributed by atoms with Gasteiger partial charge in [-0.15, -0.1) is 9.03 Å². The number of hydrogen-bond donors (Lipinski definition) is 4. The zero-order valence-corrected chi connectivity index (χ0v) is 17.0. The van der Waals surface area contributed by atoms with E-state index in [1.165, 1.54) is 0 Å². The molecule has 0 amide bonds. The van der Waals surface area contributed by atoms with Crippen molar-refractivity contribution in [1.82, 2.24) is 0 Å². The summed E-state index contributed by atoms with van der Waals surface area (Å²) in [6, 6.07) is 16.5. The van der Waals surface area contributed by atoms with E-state index in [0.717, 1.165) is 0 Å². The van der Waals surface area contributed by atoms with E-state index in [1.807, 2.05) is 12.1 Å². The highest BCUT2D eigenvalue weighted by atomic mass is 31.3. The predicted molar refractivity (Wildman–Crippen MR) is 108 cm³/mol. The van der Waals surface area contributed by atoms with Crippen LogP contribution in [0.3, 0.4) is 0 Å². The van der Waals surface area contributed by atoms with E-state index in [0.29, 0.717) is 22.6 Å². The van der Waals surface area contributed by atoms with Gasteiger partial charge in [0, 0.05) is 0 Å². The minimum Gasteiger partial charge on any atom is -0.414 e. The Morgan fingerprint density at radius 1 is 0.643 bits per heavy atom. The van der Waals surface area contributed by atoms with Gasteiger partial charge in [-0.05, 0) is 48.5 Å². The lowest BCUT2D eigenvalue weighted by Gasteiger charge is -2.28. The topological polar surface area (TPSA) is 207 Å². The Kier molecular flexibility index (Phi) is 5.45. The normalized spacial score (nSPS) is 18.2. The molecule has 0 saturated carbocycles. The van der Waals surface area contributed by atoms with Gasteiger partial charge in [-0.25, -0.2) is 0 Å². The molecular weight excluding hydrogens is 419 g/mol. The Morgan fingerprint density at radius 2 is 1.04 bits per heavy atom. The van der Waals surface area contributed by atoms with Gasteiger partial charge >= 0.3 is 7.66 Å². The molecule has 0 saturated heterocycles. The molecule has 144 valence electrons. The summed E-state index contributed by atoms with van der Waals surface area (Å²) < 4.78 is 24.3. The second-order valence-electron chi connectivity index (χ2n) is 5.61. The summed E-state index contributed by atoms with van der Waals surface area (Å²) in [6.07, 6.45) is 0. The van der Waals surface area contributed by atoms with E-state index < -0.39 is 22.7 Å². The summed E-state index contributed by atoms with van der Waals surface area (Å²) in [5.41, 5.74) is 24.8. The standard InChI is InChI=1S/C14H16N9O2P3/c15-9-11-1-5-13(6-2-11)24-28(22-26(17,18)21-27(19,20)23-28)25-14-7-3-12(10-16)4-8-14/h1-8H,17-20H2. The number of nitriles is 2. The fraction of sp³-hybridized carbons (Fsp3) is 0. The van der Waals surface area contributed by atoms with E-state index in [-0.39, 0.29) is 0 Å². The van der Waals surface area contributed by atoms with Crippen LogP contribution in [0.25, 0.3) is 0 Å². The third-order valence-electron chi connectivity index (χ3n) is 3.21. The molecule has 3 rings (SSSR count). The third-order valence-corrected chi connectivity index (χ3v) is 10.5. The van der Waals surface area contributed by atoms with Crippen LogP contribution in [0.5, 0.6) is 11.5 Å². The summed E-state index contributed by atoms with van der Waals surface area (Å²) in [5, 5.41) is 17.9. The van der Waals surface area contributed by atoms with Crippen LogP contribution in [0.15, 0.2) is 62.1 Å². The molecule has 1 aliphatic heterocycles. The van der Waals surface area contributed by atoms with Gasteiger partial charge in [0.05, 0.1) is 23.3 Å². The largest absolute Gasteiger partial charge is 0.454 e. The van der Waals surface area contributed by atoms with Gasteiger partial charge < -0.3 is 9.05 Å². The predicted octanol–water partition coefficient (Wildman–Crippen LogP) is 3.57. The van der Waals surface area contributed by atoms with Gasteiger partial charge in [0.2, 0.25) is 15.0 Å². The Labute approximate surface area is 161 Å².